The first-order valence-electron chi connectivity index (χ1n) is 5.63. The van der Waals surface area contributed by atoms with Crippen LogP contribution in [0.4, 0.5) is 0 Å². The van der Waals surface area contributed by atoms with Gasteiger partial charge in [-0.2, -0.15) is 0 Å². The van der Waals surface area contributed by atoms with E-state index in [2.05, 4.69) is 17.4 Å². The molecular formula is C13H17NO. The Labute approximate surface area is 90.7 Å². The molecule has 80 valence electrons. The van der Waals surface area contributed by atoms with Crippen LogP contribution in [0.1, 0.15) is 38.2 Å². The fraction of sp³-hybridized carbons (Fsp3) is 0.462. The van der Waals surface area contributed by atoms with Gasteiger partial charge in [-0.15, -0.1) is 0 Å². The predicted molar refractivity (Wildman–Crippen MR) is 60.4 cm³/mol. The largest absolute Gasteiger partial charge is 0.347 e. The van der Waals surface area contributed by atoms with Crippen molar-refractivity contribution in [2.45, 2.75) is 38.1 Å². The molecule has 0 heterocycles. The fourth-order valence-corrected chi connectivity index (χ4v) is 1.92. The lowest BCUT2D eigenvalue weighted by Crippen LogP contribution is -2.34. The van der Waals surface area contributed by atoms with E-state index in [1.807, 2.05) is 25.1 Å². The highest BCUT2D eigenvalue weighted by Gasteiger charge is 2.45. The van der Waals surface area contributed by atoms with Gasteiger partial charge in [0.25, 0.3) is 0 Å². The molecule has 1 N–H and O–H groups in total. The molecule has 2 rings (SSSR count). The van der Waals surface area contributed by atoms with Crippen LogP contribution in [0, 0.1) is 0 Å². The van der Waals surface area contributed by atoms with Crippen molar-refractivity contribution in [1.82, 2.24) is 5.32 Å². The number of carbonyl (C=O) groups excluding carboxylic acids is 1. The summed E-state index contributed by atoms with van der Waals surface area (Å²) in [4.78, 5) is 11.6. The Kier molecular flexibility index (Phi) is 2.76. The van der Waals surface area contributed by atoms with E-state index in [4.69, 9.17) is 0 Å². The van der Waals surface area contributed by atoms with Gasteiger partial charge in [0.2, 0.25) is 5.91 Å². The van der Waals surface area contributed by atoms with Crippen LogP contribution >= 0.6 is 0 Å². The Bertz CT molecular complexity index is 341. The molecule has 0 aromatic heterocycles. The number of amides is 1. The second-order valence-corrected chi connectivity index (χ2v) is 4.25. The average Bonchev–Trinajstić information content (AvgIpc) is 3.01. The molecule has 0 unspecified atom stereocenters. The minimum atomic E-state index is -0.0342. The summed E-state index contributed by atoms with van der Waals surface area (Å²) < 4.78 is 0. The van der Waals surface area contributed by atoms with E-state index >= 15 is 0 Å². The number of carbonyl (C=O) groups is 1. The molecule has 1 saturated carbocycles. The standard InChI is InChI=1S/C13H17NO/c1-2-6-12(15)14-13(9-10-13)11-7-4-3-5-8-11/h3-5,7-8H,2,6,9-10H2,1H3,(H,14,15). The highest BCUT2D eigenvalue weighted by atomic mass is 16.1. The van der Waals surface area contributed by atoms with Crippen molar-refractivity contribution in [2.75, 3.05) is 0 Å². The van der Waals surface area contributed by atoms with Crippen LogP contribution in [0.5, 0.6) is 0 Å². The van der Waals surface area contributed by atoms with Crippen molar-refractivity contribution in [2.24, 2.45) is 0 Å². The second kappa shape index (κ2) is 4.05. The zero-order valence-electron chi connectivity index (χ0n) is 9.12. The van der Waals surface area contributed by atoms with Gasteiger partial charge in [0.1, 0.15) is 0 Å². The SMILES string of the molecule is CCCC(=O)NC1(c2ccccc2)CC1. The molecule has 0 aliphatic heterocycles. The molecule has 15 heavy (non-hydrogen) atoms. The van der Waals surface area contributed by atoms with Crippen LogP contribution in [0.3, 0.4) is 0 Å². The first-order valence-corrected chi connectivity index (χ1v) is 5.63. The van der Waals surface area contributed by atoms with Gasteiger partial charge in [-0.25, -0.2) is 0 Å². The highest BCUT2D eigenvalue weighted by Crippen LogP contribution is 2.45. The van der Waals surface area contributed by atoms with Crippen LogP contribution in [-0.2, 0) is 10.3 Å². The molecule has 0 radical (unpaired) electrons. The van der Waals surface area contributed by atoms with Crippen LogP contribution in [0.2, 0.25) is 0 Å². The molecule has 1 fully saturated rings. The Morgan fingerprint density at radius 3 is 2.53 bits per heavy atom. The summed E-state index contributed by atoms with van der Waals surface area (Å²) in [7, 11) is 0. The van der Waals surface area contributed by atoms with Crippen LogP contribution in [0.15, 0.2) is 30.3 Å². The summed E-state index contributed by atoms with van der Waals surface area (Å²) in [5.74, 6) is 0.179. The zero-order valence-corrected chi connectivity index (χ0v) is 9.12. The van der Waals surface area contributed by atoms with Gasteiger partial charge >= 0.3 is 0 Å². The first kappa shape index (κ1) is 10.2. The Morgan fingerprint density at radius 1 is 1.33 bits per heavy atom. The Balaban J connectivity index is 2.05. The van der Waals surface area contributed by atoms with Crippen LogP contribution in [-0.4, -0.2) is 5.91 Å². The molecule has 1 aliphatic rings. The van der Waals surface area contributed by atoms with Crippen molar-refractivity contribution >= 4 is 5.91 Å². The molecule has 0 atom stereocenters. The normalized spacial score (nSPS) is 17.1. The van der Waals surface area contributed by atoms with Gasteiger partial charge in [-0.1, -0.05) is 37.3 Å². The maximum Gasteiger partial charge on any atom is 0.220 e. The van der Waals surface area contributed by atoms with Gasteiger partial charge < -0.3 is 5.32 Å². The van der Waals surface area contributed by atoms with E-state index in [1.165, 1.54) is 5.56 Å². The predicted octanol–water partition coefficient (Wildman–Crippen LogP) is 2.59. The molecule has 2 heteroatoms. The summed E-state index contributed by atoms with van der Waals surface area (Å²) in [6.07, 6.45) is 3.70. The third kappa shape index (κ3) is 2.20. The molecule has 1 aromatic rings. The lowest BCUT2D eigenvalue weighted by molar-refractivity contribution is -0.122. The number of nitrogens with one attached hydrogen (secondary N) is 1. The first-order chi connectivity index (χ1) is 7.27. The van der Waals surface area contributed by atoms with Crippen LogP contribution < -0.4 is 5.32 Å². The van der Waals surface area contributed by atoms with E-state index in [0.717, 1.165) is 19.3 Å². The number of benzene rings is 1. The molecule has 0 bridgehead atoms. The average molecular weight is 203 g/mol. The van der Waals surface area contributed by atoms with Crippen LogP contribution in [0.25, 0.3) is 0 Å². The Hall–Kier alpha value is -1.31. The lowest BCUT2D eigenvalue weighted by Gasteiger charge is -2.17. The second-order valence-electron chi connectivity index (χ2n) is 4.25. The monoisotopic (exact) mass is 203 g/mol. The summed E-state index contributed by atoms with van der Waals surface area (Å²) in [5, 5.41) is 3.15. The quantitative estimate of drug-likeness (QED) is 0.800. The molecule has 1 amide bonds. The highest BCUT2D eigenvalue weighted by molar-refractivity contribution is 5.77. The van der Waals surface area contributed by atoms with Gasteiger partial charge in [-0.3, -0.25) is 4.79 Å². The number of rotatable bonds is 4. The van der Waals surface area contributed by atoms with Crippen molar-refractivity contribution < 1.29 is 4.79 Å². The Morgan fingerprint density at radius 2 is 2.00 bits per heavy atom. The maximum absolute atomic E-state index is 11.6. The van der Waals surface area contributed by atoms with Gasteiger partial charge in [0, 0.05) is 6.42 Å². The fourth-order valence-electron chi connectivity index (χ4n) is 1.92. The van der Waals surface area contributed by atoms with Gasteiger partial charge in [0.15, 0.2) is 0 Å². The van der Waals surface area contributed by atoms with Gasteiger partial charge in [0.05, 0.1) is 5.54 Å². The summed E-state index contributed by atoms with van der Waals surface area (Å²) in [5.41, 5.74) is 1.21. The summed E-state index contributed by atoms with van der Waals surface area (Å²) in [6, 6.07) is 10.3. The van der Waals surface area contributed by atoms with E-state index < -0.39 is 0 Å². The molecule has 2 nitrogen and oxygen atoms in total. The molecular weight excluding hydrogens is 186 g/mol. The number of hydrogen-bond donors (Lipinski definition) is 1. The third-order valence-corrected chi connectivity index (χ3v) is 2.93. The number of hydrogen-bond acceptors (Lipinski definition) is 1. The molecule has 0 spiro atoms. The van der Waals surface area contributed by atoms with Crippen molar-refractivity contribution in [3.05, 3.63) is 35.9 Å². The van der Waals surface area contributed by atoms with Crippen molar-refractivity contribution in [3.8, 4) is 0 Å². The lowest BCUT2D eigenvalue weighted by atomic mass is 10.0. The minimum absolute atomic E-state index is 0.0342. The zero-order chi connectivity index (χ0) is 10.7. The van der Waals surface area contributed by atoms with E-state index in [0.29, 0.717) is 6.42 Å². The van der Waals surface area contributed by atoms with E-state index in [1.54, 1.807) is 0 Å². The molecule has 1 aliphatic carbocycles. The van der Waals surface area contributed by atoms with Crippen molar-refractivity contribution in [3.63, 3.8) is 0 Å². The smallest absolute Gasteiger partial charge is 0.220 e. The molecule has 0 saturated heterocycles. The maximum atomic E-state index is 11.6. The van der Waals surface area contributed by atoms with E-state index in [9.17, 15) is 4.79 Å². The van der Waals surface area contributed by atoms with Crippen molar-refractivity contribution in [1.29, 1.82) is 0 Å². The summed E-state index contributed by atoms with van der Waals surface area (Å²) in [6.45, 7) is 2.03. The molecule has 1 aromatic carbocycles. The summed E-state index contributed by atoms with van der Waals surface area (Å²) >= 11 is 0. The minimum Gasteiger partial charge on any atom is -0.347 e. The topological polar surface area (TPSA) is 29.1 Å². The third-order valence-electron chi connectivity index (χ3n) is 2.93. The van der Waals surface area contributed by atoms with Gasteiger partial charge in [-0.05, 0) is 24.8 Å². The van der Waals surface area contributed by atoms with E-state index in [-0.39, 0.29) is 11.4 Å².